The zero-order valence-corrected chi connectivity index (χ0v) is 13.2. The monoisotopic (exact) mass is 312 g/mol. The molecule has 2 aliphatic rings. The van der Waals surface area contributed by atoms with Gasteiger partial charge in [0.2, 0.25) is 5.91 Å². The van der Waals surface area contributed by atoms with Gasteiger partial charge in [0, 0.05) is 17.5 Å². The second-order valence-electron chi connectivity index (χ2n) is 5.72. The smallest absolute Gasteiger partial charge is 0.234 e. The minimum absolute atomic E-state index is 0.0766. The average molecular weight is 312 g/mol. The molecule has 1 aromatic rings. The zero-order chi connectivity index (χ0) is 14.2. The number of aliphatic hydroxyl groups is 1. The second-order valence-corrected chi connectivity index (χ2v) is 8.05. The van der Waals surface area contributed by atoms with Crippen molar-refractivity contribution >= 4 is 34.7 Å². The van der Waals surface area contributed by atoms with Crippen molar-refractivity contribution in [3.63, 3.8) is 0 Å². The Morgan fingerprint density at radius 1 is 1.50 bits per heavy atom. The molecule has 2 heterocycles. The van der Waals surface area contributed by atoms with Gasteiger partial charge in [-0.2, -0.15) is 0 Å². The van der Waals surface area contributed by atoms with Crippen molar-refractivity contribution in [3.8, 4) is 0 Å². The summed E-state index contributed by atoms with van der Waals surface area (Å²) in [6.07, 6.45) is 4.06. The first-order chi connectivity index (χ1) is 9.56. The van der Waals surface area contributed by atoms with E-state index in [0.29, 0.717) is 12.3 Å². The van der Waals surface area contributed by atoms with Gasteiger partial charge in [0.25, 0.3) is 0 Å². The average Bonchev–Trinajstić information content (AvgIpc) is 3.02. The third kappa shape index (κ3) is 3.03. The third-order valence-corrected chi connectivity index (χ3v) is 6.63. The Morgan fingerprint density at radius 3 is 3.00 bits per heavy atom. The normalized spacial score (nSPS) is 22.4. The van der Waals surface area contributed by atoms with Crippen molar-refractivity contribution in [3.05, 3.63) is 10.9 Å². The van der Waals surface area contributed by atoms with Gasteiger partial charge < -0.3 is 15.7 Å². The van der Waals surface area contributed by atoms with E-state index in [9.17, 15) is 9.90 Å². The molecular formula is C14H20N2O2S2. The summed E-state index contributed by atoms with van der Waals surface area (Å²) < 4.78 is 1.19. The van der Waals surface area contributed by atoms with E-state index in [1.165, 1.54) is 9.09 Å². The summed E-state index contributed by atoms with van der Waals surface area (Å²) in [4.78, 5) is 12.6. The van der Waals surface area contributed by atoms with Crippen LogP contribution < -0.4 is 10.6 Å². The van der Waals surface area contributed by atoms with Gasteiger partial charge in [-0.15, -0.1) is 23.1 Å². The van der Waals surface area contributed by atoms with Crippen molar-refractivity contribution in [1.29, 1.82) is 0 Å². The molecule has 0 spiro atoms. The highest BCUT2D eigenvalue weighted by molar-refractivity contribution is 8.02. The molecule has 6 heteroatoms. The van der Waals surface area contributed by atoms with Crippen molar-refractivity contribution in [2.24, 2.45) is 0 Å². The lowest BCUT2D eigenvalue weighted by Gasteiger charge is -2.24. The summed E-state index contributed by atoms with van der Waals surface area (Å²) in [5, 5.41) is 16.7. The quantitative estimate of drug-likeness (QED) is 0.800. The Hall–Kier alpha value is -0.560. The fourth-order valence-corrected chi connectivity index (χ4v) is 4.94. The highest BCUT2D eigenvalue weighted by Crippen LogP contribution is 2.41. The molecule has 1 aromatic heterocycles. The molecule has 1 unspecified atom stereocenters. The second kappa shape index (κ2) is 5.67. The molecule has 1 atom stereocenters. The molecule has 0 bridgehead atoms. The summed E-state index contributed by atoms with van der Waals surface area (Å²) in [7, 11) is 0. The molecule has 4 nitrogen and oxygen atoms in total. The van der Waals surface area contributed by atoms with Crippen LogP contribution in [0.4, 0.5) is 5.69 Å². The van der Waals surface area contributed by atoms with E-state index >= 15 is 0 Å². The number of hydrogen-bond donors (Lipinski definition) is 3. The number of anilines is 1. The van der Waals surface area contributed by atoms with Crippen LogP contribution >= 0.6 is 23.1 Å². The predicted octanol–water partition coefficient (Wildman–Crippen LogP) is 2.75. The first-order valence-electron chi connectivity index (χ1n) is 7.08. The van der Waals surface area contributed by atoms with E-state index in [0.717, 1.165) is 31.4 Å². The molecule has 1 fully saturated rings. The lowest BCUT2D eigenvalue weighted by Crippen LogP contribution is -2.38. The van der Waals surface area contributed by atoms with Crippen molar-refractivity contribution in [2.45, 2.75) is 48.5 Å². The topological polar surface area (TPSA) is 61.4 Å². The first kappa shape index (κ1) is 14.4. The van der Waals surface area contributed by atoms with Crippen LogP contribution in [0.1, 0.15) is 43.5 Å². The van der Waals surface area contributed by atoms with Crippen LogP contribution in [-0.4, -0.2) is 28.9 Å². The molecule has 0 radical (unpaired) electrons. The number of carbonyl (C=O) groups is 1. The molecule has 20 heavy (non-hydrogen) atoms. The maximum atomic E-state index is 11.4. The zero-order valence-electron chi connectivity index (χ0n) is 11.6. The summed E-state index contributed by atoms with van der Waals surface area (Å²) in [6, 6.07) is 2.26. The van der Waals surface area contributed by atoms with Gasteiger partial charge in [-0.3, -0.25) is 4.79 Å². The van der Waals surface area contributed by atoms with Crippen LogP contribution in [0.3, 0.4) is 0 Å². The number of amides is 1. The summed E-state index contributed by atoms with van der Waals surface area (Å²) >= 11 is 3.34. The van der Waals surface area contributed by atoms with E-state index in [4.69, 9.17) is 0 Å². The summed E-state index contributed by atoms with van der Waals surface area (Å²) in [5.41, 5.74) is 0.424. The minimum atomic E-state index is -0.520. The van der Waals surface area contributed by atoms with Crippen molar-refractivity contribution in [1.82, 2.24) is 5.32 Å². The van der Waals surface area contributed by atoms with Crippen LogP contribution in [0.5, 0.6) is 0 Å². The Bertz CT molecular complexity index is 509. The number of thiophene rings is 1. The number of hydrogen-bond acceptors (Lipinski definition) is 5. The predicted molar refractivity (Wildman–Crippen MR) is 83.5 cm³/mol. The SMILES string of the molecule is CC(NCC1(O)CCCC1)c1cc2c(s1)SCC(=O)N2. The van der Waals surface area contributed by atoms with Crippen molar-refractivity contribution in [2.75, 3.05) is 17.6 Å². The summed E-state index contributed by atoms with van der Waals surface area (Å²) in [6.45, 7) is 2.76. The van der Waals surface area contributed by atoms with E-state index in [1.807, 2.05) is 0 Å². The number of nitrogens with one attached hydrogen (secondary N) is 2. The van der Waals surface area contributed by atoms with Gasteiger partial charge in [0.15, 0.2) is 0 Å². The maximum absolute atomic E-state index is 11.4. The number of thioether (sulfide) groups is 1. The van der Waals surface area contributed by atoms with Gasteiger partial charge in [0.1, 0.15) is 0 Å². The highest BCUT2D eigenvalue weighted by atomic mass is 32.2. The van der Waals surface area contributed by atoms with Gasteiger partial charge >= 0.3 is 0 Å². The Labute approximate surface area is 127 Å². The number of fused-ring (bicyclic) bond motifs is 1. The Kier molecular flexibility index (Phi) is 4.08. The van der Waals surface area contributed by atoms with Crippen molar-refractivity contribution < 1.29 is 9.90 Å². The standard InChI is InChI=1S/C14H20N2O2S2/c1-9(15-8-14(18)4-2-3-5-14)11-6-10-13(20-11)19-7-12(17)16-10/h6,9,15,18H,2-5,7-8H2,1H3,(H,16,17). The van der Waals surface area contributed by atoms with Gasteiger partial charge in [-0.25, -0.2) is 0 Å². The van der Waals surface area contributed by atoms with Gasteiger partial charge in [0.05, 0.1) is 21.3 Å². The maximum Gasteiger partial charge on any atom is 0.234 e. The van der Waals surface area contributed by atoms with Crippen LogP contribution in [0, 0.1) is 0 Å². The molecule has 1 aliphatic carbocycles. The minimum Gasteiger partial charge on any atom is -0.389 e. The van der Waals surface area contributed by atoms with Crippen LogP contribution in [0.15, 0.2) is 10.3 Å². The van der Waals surface area contributed by atoms with E-state index < -0.39 is 5.60 Å². The largest absolute Gasteiger partial charge is 0.389 e. The fourth-order valence-electron chi connectivity index (χ4n) is 2.77. The fraction of sp³-hybridized carbons (Fsp3) is 0.643. The van der Waals surface area contributed by atoms with Gasteiger partial charge in [-0.05, 0) is 25.8 Å². The molecule has 0 saturated heterocycles. The number of carbonyl (C=O) groups excluding carboxylic acids is 1. The van der Waals surface area contributed by atoms with Crippen LogP contribution in [0.25, 0.3) is 0 Å². The third-order valence-electron chi connectivity index (χ3n) is 4.02. The molecule has 0 aromatic carbocycles. The van der Waals surface area contributed by atoms with E-state index in [2.05, 4.69) is 23.6 Å². The molecule has 3 rings (SSSR count). The van der Waals surface area contributed by atoms with E-state index in [1.54, 1.807) is 23.1 Å². The Morgan fingerprint density at radius 2 is 2.25 bits per heavy atom. The molecule has 3 N–H and O–H groups in total. The molecule has 1 amide bonds. The summed E-state index contributed by atoms with van der Waals surface area (Å²) in [5.74, 6) is 0.585. The number of rotatable bonds is 4. The first-order valence-corrected chi connectivity index (χ1v) is 8.88. The molecule has 110 valence electrons. The molecular weight excluding hydrogens is 292 g/mol. The van der Waals surface area contributed by atoms with Crippen LogP contribution in [0.2, 0.25) is 0 Å². The highest BCUT2D eigenvalue weighted by Gasteiger charge is 2.31. The molecule has 1 aliphatic heterocycles. The van der Waals surface area contributed by atoms with Gasteiger partial charge in [-0.1, -0.05) is 12.8 Å². The molecule has 1 saturated carbocycles. The Balaban J connectivity index is 1.62. The van der Waals surface area contributed by atoms with Crippen LogP contribution in [-0.2, 0) is 4.79 Å². The van der Waals surface area contributed by atoms with E-state index in [-0.39, 0.29) is 11.9 Å². The lowest BCUT2D eigenvalue weighted by molar-refractivity contribution is -0.113. The lowest BCUT2D eigenvalue weighted by atomic mass is 10.0.